The van der Waals surface area contributed by atoms with E-state index >= 15 is 0 Å². The lowest BCUT2D eigenvalue weighted by Gasteiger charge is -2.09. The van der Waals surface area contributed by atoms with Gasteiger partial charge in [-0.3, -0.25) is 9.59 Å². The zero-order valence-corrected chi connectivity index (χ0v) is 25.1. The fraction of sp³-hybridized carbons (Fsp3) is 0.765. The summed E-state index contributed by atoms with van der Waals surface area (Å²) in [5.74, 6) is 0.121. The molecule has 0 fully saturated rings. The Kier molecular flexibility index (Phi) is 22.9. The Hall–Kier alpha value is -1.84. The van der Waals surface area contributed by atoms with E-state index in [1.807, 2.05) is 24.3 Å². The molecule has 1 aromatic rings. The van der Waals surface area contributed by atoms with Crippen LogP contribution >= 0.6 is 0 Å². The van der Waals surface area contributed by atoms with Crippen molar-refractivity contribution in [2.75, 3.05) is 10.6 Å². The summed E-state index contributed by atoms with van der Waals surface area (Å²) in [6.07, 6.45) is 29.3. The standard InChI is InChI=1S/C34H60N2O2/c1-3-5-7-9-11-13-15-17-19-21-23-28-33(37)35-31-26-25-27-32(30-31)36-34(38)29-24-22-20-18-16-14-12-10-8-6-4-2/h25-27,30H,3-24,28-29H2,1-2H3,(H,35,37)(H,36,38). The maximum absolute atomic E-state index is 12.3. The first-order valence-corrected chi connectivity index (χ1v) is 16.4. The van der Waals surface area contributed by atoms with Crippen LogP contribution < -0.4 is 10.6 Å². The van der Waals surface area contributed by atoms with Gasteiger partial charge in [-0.25, -0.2) is 0 Å². The highest BCUT2D eigenvalue weighted by molar-refractivity contribution is 5.94. The lowest BCUT2D eigenvalue weighted by atomic mass is 10.1. The molecule has 4 nitrogen and oxygen atoms in total. The van der Waals surface area contributed by atoms with Crippen molar-refractivity contribution in [3.05, 3.63) is 24.3 Å². The van der Waals surface area contributed by atoms with Gasteiger partial charge in [-0.2, -0.15) is 0 Å². The molecule has 0 aromatic heterocycles. The van der Waals surface area contributed by atoms with Crippen molar-refractivity contribution >= 4 is 23.2 Å². The summed E-state index contributed by atoms with van der Waals surface area (Å²) in [7, 11) is 0. The Morgan fingerprint density at radius 2 is 0.763 bits per heavy atom. The van der Waals surface area contributed by atoms with E-state index in [0.29, 0.717) is 12.8 Å². The van der Waals surface area contributed by atoms with Gasteiger partial charge in [-0.1, -0.05) is 148 Å². The molecule has 1 rings (SSSR count). The Morgan fingerprint density at radius 3 is 1.08 bits per heavy atom. The molecule has 1 aromatic carbocycles. The van der Waals surface area contributed by atoms with E-state index in [1.165, 1.54) is 116 Å². The predicted octanol–water partition coefficient (Wildman–Crippen LogP) is 11.0. The molecule has 0 radical (unpaired) electrons. The fourth-order valence-corrected chi connectivity index (χ4v) is 5.02. The molecule has 2 amide bonds. The Morgan fingerprint density at radius 1 is 0.474 bits per heavy atom. The average molecular weight is 529 g/mol. The first-order valence-electron chi connectivity index (χ1n) is 16.4. The van der Waals surface area contributed by atoms with Crippen LogP contribution in [0.15, 0.2) is 24.3 Å². The molecule has 0 saturated carbocycles. The number of hydrogen-bond acceptors (Lipinski definition) is 2. The van der Waals surface area contributed by atoms with E-state index < -0.39 is 0 Å². The van der Waals surface area contributed by atoms with Gasteiger partial charge in [0.15, 0.2) is 0 Å². The Bertz CT molecular complexity index is 648. The molecule has 0 saturated heterocycles. The fourth-order valence-electron chi connectivity index (χ4n) is 5.02. The van der Waals surface area contributed by atoms with E-state index in [-0.39, 0.29) is 11.8 Å². The van der Waals surface area contributed by atoms with Gasteiger partial charge in [-0.05, 0) is 31.0 Å². The first-order chi connectivity index (χ1) is 18.7. The van der Waals surface area contributed by atoms with E-state index in [1.54, 1.807) is 0 Å². The van der Waals surface area contributed by atoms with Crippen LogP contribution in [-0.4, -0.2) is 11.8 Å². The summed E-state index contributed by atoms with van der Waals surface area (Å²) in [6.45, 7) is 4.52. The maximum atomic E-state index is 12.3. The van der Waals surface area contributed by atoms with E-state index in [4.69, 9.17) is 0 Å². The van der Waals surface area contributed by atoms with Gasteiger partial charge in [0.2, 0.25) is 11.8 Å². The van der Waals surface area contributed by atoms with Crippen molar-refractivity contribution in [2.24, 2.45) is 0 Å². The van der Waals surface area contributed by atoms with E-state index in [9.17, 15) is 9.59 Å². The summed E-state index contributed by atoms with van der Waals surface area (Å²) in [4.78, 5) is 24.7. The van der Waals surface area contributed by atoms with Crippen LogP contribution in [0.3, 0.4) is 0 Å². The van der Waals surface area contributed by atoms with Crippen LogP contribution in [-0.2, 0) is 9.59 Å². The van der Waals surface area contributed by atoms with Crippen molar-refractivity contribution in [1.82, 2.24) is 0 Å². The zero-order chi connectivity index (χ0) is 27.5. The highest BCUT2D eigenvalue weighted by Crippen LogP contribution is 2.18. The molecular formula is C34H60N2O2. The summed E-state index contributed by atoms with van der Waals surface area (Å²) in [6, 6.07) is 7.52. The molecule has 0 spiro atoms. The highest BCUT2D eigenvalue weighted by atomic mass is 16.2. The topological polar surface area (TPSA) is 58.2 Å². The van der Waals surface area contributed by atoms with Gasteiger partial charge in [0, 0.05) is 24.2 Å². The lowest BCUT2D eigenvalue weighted by Crippen LogP contribution is -2.13. The molecule has 4 heteroatoms. The SMILES string of the molecule is CCCCCCCCCCCCCC(=O)Nc1cccc(NC(=O)CCCCCCCCCCCCC)c1. The minimum atomic E-state index is 0.0605. The third kappa shape index (κ3) is 21.1. The predicted molar refractivity (Wildman–Crippen MR) is 166 cm³/mol. The smallest absolute Gasteiger partial charge is 0.224 e. The van der Waals surface area contributed by atoms with Crippen LogP contribution in [0.1, 0.15) is 168 Å². The van der Waals surface area contributed by atoms with Crippen molar-refractivity contribution in [1.29, 1.82) is 0 Å². The normalized spacial score (nSPS) is 11.0. The molecule has 0 heterocycles. The summed E-state index contributed by atoms with van der Waals surface area (Å²) in [5, 5.41) is 5.98. The maximum Gasteiger partial charge on any atom is 0.224 e. The summed E-state index contributed by atoms with van der Waals surface area (Å²) >= 11 is 0. The molecule has 0 bridgehead atoms. The number of nitrogens with one attached hydrogen (secondary N) is 2. The highest BCUT2D eigenvalue weighted by Gasteiger charge is 2.06. The minimum Gasteiger partial charge on any atom is -0.326 e. The molecule has 0 atom stereocenters. The number of carbonyl (C=O) groups excluding carboxylic acids is 2. The number of carbonyl (C=O) groups is 2. The van der Waals surface area contributed by atoms with Crippen LogP contribution in [0.25, 0.3) is 0 Å². The summed E-state index contributed by atoms with van der Waals surface area (Å²) in [5.41, 5.74) is 1.51. The molecular weight excluding hydrogens is 468 g/mol. The number of anilines is 2. The number of benzene rings is 1. The zero-order valence-electron chi connectivity index (χ0n) is 25.1. The molecule has 0 unspecified atom stereocenters. The third-order valence-electron chi connectivity index (χ3n) is 7.44. The second-order valence-corrected chi connectivity index (χ2v) is 11.2. The minimum absolute atomic E-state index is 0.0605. The van der Waals surface area contributed by atoms with Gasteiger partial charge >= 0.3 is 0 Å². The van der Waals surface area contributed by atoms with Gasteiger partial charge in [0.25, 0.3) is 0 Å². The van der Waals surface area contributed by atoms with Crippen LogP contribution in [0.2, 0.25) is 0 Å². The van der Waals surface area contributed by atoms with Crippen LogP contribution in [0.4, 0.5) is 11.4 Å². The van der Waals surface area contributed by atoms with E-state index in [2.05, 4.69) is 24.5 Å². The lowest BCUT2D eigenvalue weighted by molar-refractivity contribution is -0.117. The van der Waals surface area contributed by atoms with Crippen LogP contribution in [0, 0.1) is 0 Å². The Balaban J connectivity index is 2.05. The number of hydrogen-bond donors (Lipinski definition) is 2. The molecule has 0 aliphatic carbocycles. The Labute approximate surface area is 235 Å². The van der Waals surface area contributed by atoms with Crippen molar-refractivity contribution in [3.8, 4) is 0 Å². The third-order valence-corrected chi connectivity index (χ3v) is 7.44. The monoisotopic (exact) mass is 528 g/mol. The summed E-state index contributed by atoms with van der Waals surface area (Å²) < 4.78 is 0. The largest absolute Gasteiger partial charge is 0.326 e. The van der Waals surface area contributed by atoms with Crippen molar-refractivity contribution < 1.29 is 9.59 Å². The molecule has 218 valence electrons. The second kappa shape index (κ2) is 25.4. The van der Waals surface area contributed by atoms with Gasteiger partial charge in [0.1, 0.15) is 0 Å². The quantitative estimate of drug-likeness (QED) is 0.117. The number of rotatable bonds is 26. The second-order valence-electron chi connectivity index (χ2n) is 11.2. The molecule has 0 aliphatic rings. The van der Waals surface area contributed by atoms with Gasteiger partial charge in [0.05, 0.1) is 0 Å². The first kappa shape index (κ1) is 34.2. The van der Waals surface area contributed by atoms with Crippen molar-refractivity contribution in [2.45, 2.75) is 168 Å². The molecule has 0 aliphatic heterocycles. The number of unbranched alkanes of at least 4 members (excludes halogenated alkanes) is 20. The van der Waals surface area contributed by atoms with Gasteiger partial charge in [-0.15, -0.1) is 0 Å². The van der Waals surface area contributed by atoms with E-state index in [0.717, 1.165) is 37.1 Å². The average Bonchev–Trinajstić information content (AvgIpc) is 2.90. The van der Waals surface area contributed by atoms with Crippen LogP contribution in [0.5, 0.6) is 0 Å². The molecule has 38 heavy (non-hydrogen) atoms. The molecule has 2 N–H and O–H groups in total. The van der Waals surface area contributed by atoms with Gasteiger partial charge < -0.3 is 10.6 Å². The number of amides is 2. The van der Waals surface area contributed by atoms with Crippen molar-refractivity contribution in [3.63, 3.8) is 0 Å².